The van der Waals surface area contributed by atoms with Gasteiger partial charge in [-0.2, -0.15) is 0 Å². The molecule has 0 atom stereocenters. The number of carbonyl (C=O) groups excluding carboxylic acids is 2. The van der Waals surface area contributed by atoms with Gasteiger partial charge in [0.05, 0.1) is 11.4 Å². The van der Waals surface area contributed by atoms with Crippen molar-refractivity contribution in [3.05, 3.63) is 48.5 Å². The molecule has 0 spiro atoms. The molecule has 2 saturated carbocycles. The van der Waals surface area contributed by atoms with E-state index in [2.05, 4.69) is 24.5 Å². The maximum Gasteiger partial charge on any atom is 0.230 e. The highest BCUT2D eigenvalue weighted by Crippen LogP contribution is 2.45. The Hall–Kier alpha value is -1.92. The fraction of sp³-hybridized carbons (Fsp3) is 0.500. The first-order valence-corrected chi connectivity index (χ1v) is 14.7. The van der Waals surface area contributed by atoms with Crippen LogP contribution in [0.1, 0.15) is 78.1 Å². The molecule has 2 fully saturated rings. The van der Waals surface area contributed by atoms with Gasteiger partial charge in [-0.05, 0) is 49.9 Å². The van der Waals surface area contributed by atoms with E-state index >= 15 is 0 Å². The third kappa shape index (κ3) is 6.01. The molecule has 2 aromatic rings. The van der Waals surface area contributed by atoms with Crippen LogP contribution < -0.4 is 10.6 Å². The number of carbonyl (C=O) groups is 2. The standard InChI is InChI=1S/C28H36N2O2S2/c1-27(17-9-3-10-18-27)25(31)29-21-13-5-7-15-23(21)33-34-24-16-8-6-14-22(24)30-26(32)28(2)19-11-4-12-20-28/h5-8,13-16H,3-4,9-12,17-20H2,1-2H3,(H,29,31)(H,30,32). The third-order valence-corrected chi connectivity index (χ3v) is 9.98. The molecule has 0 heterocycles. The molecular weight excluding hydrogens is 460 g/mol. The summed E-state index contributed by atoms with van der Waals surface area (Å²) in [5.41, 5.74) is 1.14. The van der Waals surface area contributed by atoms with E-state index in [4.69, 9.17) is 0 Å². The number of hydrogen-bond acceptors (Lipinski definition) is 4. The molecule has 2 amide bonds. The summed E-state index contributed by atoms with van der Waals surface area (Å²) in [7, 11) is 3.23. The Balaban J connectivity index is 1.43. The van der Waals surface area contributed by atoms with E-state index in [0.717, 1.165) is 72.5 Å². The lowest BCUT2D eigenvalue weighted by Crippen LogP contribution is -2.35. The summed E-state index contributed by atoms with van der Waals surface area (Å²) in [4.78, 5) is 28.2. The molecule has 2 N–H and O–H groups in total. The Morgan fingerprint density at radius 2 is 0.971 bits per heavy atom. The van der Waals surface area contributed by atoms with E-state index < -0.39 is 0 Å². The quantitative estimate of drug-likeness (QED) is 0.378. The van der Waals surface area contributed by atoms with E-state index in [9.17, 15) is 9.59 Å². The van der Waals surface area contributed by atoms with Crippen LogP contribution >= 0.6 is 21.6 Å². The summed E-state index contributed by atoms with van der Waals surface area (Å²) in [6, 6.07) is 16.0. The van der Waals surface area contributed by atoms with Crippen LogP contribution in [-0.2, 0) is 9.59 Å². The summed E-state index contributed by atoms with van der Waals surface area (Å²) in [5, 5.41) is 6.42. The van der Waals surface area contributed by atoms with Gasteiger partial charge in [-0.1, -0.05) is 98.2 Å². The Morgan fingerprint density at radius 3 is 1.35 bits per heavy atom. The van der Waals surface area contributed by atoms with E-state index in [1.165, 1.54) is 12.8 Å². The first-order chi connectivity index (χ1) is 16.4. The van der Waals surface area contributed by atoms with Crippen molar-refractivity contribution in [2.45, 2.75) is 87.8 Å². The van der Waals surface area contributed by atoms with Crippen molar-refractivity contribution >= 4 is 44.8 Å². The van der Waals surface area contributed by atoms with Gasteiger partial charge in [0.15, 0.2) is 0 Å². The molecule has 2 aliphatic carbocycles. The number of anilines is 2. The number of nitrogens with one attached hydrogen (secondary N) is 2. The van der Waals surface area contributed by atoms with E-state index in [1.54, 1.807) is 21.6 Å². The van der Waals surface area contributed by atoms with Crippen LogP contribution in [0.15, 0.2) is 58.3 Å². The van der Waals surface area contributed by atoms with Crippen LogP contribution in [0.25, 0.3) is 0 Å². The minimum absolute atomic E-state index is 0.124. The predicted octanol–water partition coefficient (Wildman–Crippen LogP) is 8.30. The highest BCUT2D eigenvalue weighted by molar-refractivity contribution is 8.76. The van der Waals surface area contributed by atoms with E-state index in [-0.39, 0.29) is 22.6 Å². The maximum atomic E-state index is 13.1. The SMILES string of the molecule is CC1(C(=O)Nc2ccccc2SSc2ccccc2NC(=O)C2(C)CCCCC2)CCCCC1. The Bertz CT molecular complexity index is 929. The highest BCUT2D eigenvalue weighted by atomic mass is 33.1. The monoisotopic (exact) mass is 496 g/mol. The van der Waals surface area contributed by atoms with E-state index in [0.29, 0.717) is 0 Å². The van der Waals surface area contributed by atoms with Gasteiger partial charge in [0, 0.05) is 20.6 Å². The Kier molecular flexibility index (Phi) is 8.30. The number of hydrogen-bond donors (Lipinski definition) is 2. The van der Waals surface area contributed by atoms with Gasteiger partial charge in [-0.3, -0.25) is 9.59 Å². The molecule has 6 heteroatoms. The number of benzene rings is 2. The van der Waals surface area contributed by atoms with Gasteiger partial charge in [-0.25, -0.2) is 0 Å². The second kappa shape index (κ2) is 11.2. The molecular formula is C28H36N2O2S2. The van der Waals surface area contributed by atoms with Crippen molar-refractivity contribution in [1.29, 1.82) is 0 Å². The van der Waals surface area contributed by atoms with Crippen molar-refractivity contribution in [1.82, 2.24) is 0 Å². The van der Waals surface area contributed by atoms with Crippen molar-refractivity contribution in [2.75, 3.05) is 10.6 Å². The summed E-state index contributed by atoms with van der Waals surface area (Å²) >= 11 is 0. The van der Waals surface area contributed by atoms with Crippen LogP contribution in [0.5, 0.6) is 0 Å². The van der Waals surface area contributed by atoms with Gasteiger partial charge in [0.2, 0.25) is 11.8 Å². The number of para-hydroxylation sites is 2. The molecule has 4 rings (SSSR count). The van der Waals surface area contributed by atoms with Crippen molar-refractivity contribution in [3.8, 4) is 0 Å². The highest BCUT2D eigenvalue weighted by Gasteiger charge is 2.35. The first-order valence-electron chi connectivity index (χ1n) is 12.6. The second-order valence-electron chi connectivity index (χ2n) is 10.3. The minimum Gasteiger partial charge on any atom is -0.325 e. The molecule has 2 aromatic carbocycles. The van der Waals surface area contributed by atoms with Crippen LogP contribution in [-0.4, -0.2) is 11.8 Å². The second-order valence-corrected chi connectivity index (χ2v) is 12.5. The fourth-order valence-corrected chi connectivity index (χ4v) is 7.32. The summed E-state index contributed by atoms with van der Waals surface area (Å²) in [6.45, 7) is 4.19. The summed E-state index contributed by atoms with van der Waals surface area (Å²) in [5.74, 6) is 0.247. The number of amides is 2. The lowest BCUT2D eigenvalue weighted by Gasteiger charge is -2.32. The molecule has 0 bridgehead atoms. The fourth-order valence-electron chi connectivity index (χ4n) is 5.04. The average molecular weight is 497 g/mol. The molecule has 2 aliphatic rings. The molecule has 182 valence electrons. The lowest BCUT2D eigenvalue weighted by atomic mass is 9.75. The van der Waals surface area contributed by atoms with Gasteiger partial charge in [0.1, 0.15) is 0 Å². The normalized spacial score (nSPS) is 19.2. The molecule has 4 nitrogen and oxygen atoms in total. The zero-order chi connectivity index (χ0) is 24.0. The zero-order valence-electron chi connectivity index (χ0n) is 20.3. The van der Waals surface area contributed by atoms with E-state index in [1.807, 2.05) is 48.5 Å². The summed E-state index contributed by atoms with van der Waals surface area (Å²) < 4.78 is 0. The molecule has 0 radical (unpaired) electrons. The largest absolute Gasteiger partial charge is 0.325 e. The lowest BCUT2D eigenvalue weighted by molar-refractivity contribution is -0.127. The number of rotatable bonds is 7. The van der Waals surface area contributed by atoms with Crippen molar-refractivity contribution < 1.29 is 9.59 Å². The average Bonchev–Trinajstić information content (AvgIpc) is 2.85. The van der Waals surface area contributed by atoms with Gasteiger partial charge < -0.3 is 10.6 Å². The molecule has 0 unspecified atom stereocenters. The van der Waals surface area contributed by atoms with Gasteiger partial charge in [-0.15, -0.1) is 0 Å². The molecule has 0 saturated heterocycles. The van der Waals surface area contributed by atoms with Crippen LogP contribution in [0, 0.1) is 10.8 Å². The Morgan fingerprint density at radius 1 is 0.618 bits per heavy atom. The Labute approximate surface area is 211 Å². The third-order valence-electron chi connectivity index (χ3n) is 7.50. The first kappa shape index (κ1) is 25.2. The van der Waals surface area contributed by atoms with Gasteiger partial charge >= 0.3 is 0 Å². The minimum atomic E-state index is -0.282. The van der Waals surface area contributed by atoms with Crippen molar-refractivity contribution in [2.24, 2.45) is 10.8 Å². The maximum absolute atomic E-state index is 13.1. The predicted molar refractivity (Wildman–Crippen MR) is 144 cm³/mol. The van der Waals surface area contributed by atoms with Crippen LogP contribution in [0.2, 0.25) is 0 Å². The smallest absolute Gasteiger partial charge is 0.230 e. The molecule has 34 heavy (non-hydrogen) atoms. The van der Waals surface area contributed by atoms with Gasteiger partial charge in [0.25, 0.3) is 0 Å². The molecule has 0 aromatic heterocycles. The van der Waals surface area contributed by atoms with Crippen molar-refractivity contribution in [3.63, 3.8) is 0 Å². The topological polar surface area (TPSA) is 58.2 Å². The summed E-state index contributed by atoms with van der Waals surface area (Å²) in [6.07, 6.45) is 10.8. The molecule has 0 aliphatic heterocycles. The van der Waals surface area contributed by atoms with Crippen LogP contribution in [0.4, 0.5) is 11.4 Å². The zero-order valence-corrected chi connectivity index (χ0v) is 22.0. The van der Waals surface area contributed by atoms with Crippen LogP contribution in [0.3, 0.4) is 0 Å².